The number of hydrogen-bond donors (Lipinski definition) is 2. The van der Waals surface area contributed by atoms with Gasteiger partial charge in [0.25, 0.3) is 0 Å². The molecular weight excluding hydrogens is 328 g/mol. The minimum absolute atomic E-state index is 0.0964. The van der Waals surface area contributed by atoms with Gasteiger partial charge in [-0.2, -0.15) is 0 Å². The van der Waals surface area contributed by atoms with Crippen molar-refractivity contribution in [2.24, 2.45) is 5.92 Å². The minimum atomic E-state index is -0.178. The Kier molecular flexibility index (Phi) is 6.00. The van der Waals surface area contributed by atoms with Gasteiger partial charge in [0.05, 0.1) is 12.7 Å². The summed E-state index contributed by atoms with van der Waals surface area (Å²) in [6.45, 7) is 5.62. The van der Waals surface area contributed by atoms with E-state index in [1.54, 1.807) is 0 Å². The number of rotatable bonds is 6. The topological polar surface area (TPSA) is 59.6 Å². The maximum absolute atomic E-state index is 12.1. The Morgan fingerprint density at radius 1 is 1.15 bits per heavy atom. The van der Waals surface area contributed by atoms with Crippen LogP contribution in [0.4, 0.5) is 4.79 Å². The maximum Gasteiger partial charge on any atom is 0.315 e. The van der Waals surface area contributed by atoms with E-state index in [-0.39, 0.29) is 18.1 Å². The predicted molar refractivity (Wildman–Crippen MR) is 102 cm³/mol. The van der Waals surface area contributed by atoms with Gasteiger partial charge in [0.1, 0.15) is 11.5 Å². The highest BCUT2D eigenvalue weighted by Gasteiger charge is 2.19. The fourth-order valence-corrected chi connectivity index (χ4v) is 3.02. The molecule has 0 aromatic heterocycles. The van der Waals surface area contributed by atoms with E-state index < -0.39 is 0 Å². The van der Waals surface area contributed by atoms with Crippen LogP contribution in [0.1, 0.15) is 25.0 Å². The van der Waals surface area contributed by atoms with Crippen LogP contribution in [0.5, 0.6) is 11.5 Å². The second kappa shape index (κ2) is 8.61. The zero-order chi connectivity index (χ0) is 18.4. The molecule has 5 nitrogen and oxygen atoms in total. The molecule has 0 radical (unpaired) electrons. The minimum Gasteiger partial charge on any atom is -0.493 e. The first-order valence-corrected chi connectivity index (χ1v) is 9.09. The van der Waals surface area contributed by atoms with Crippen LogP contribution in [0.2, 0.25) is 0 Å². The zero-order valence-electron chi connectivity index (χ0n) is 15.3. The summed E-state index contributed by atoms with van der Waals surface area (Å²) in [5, 5.41) is 5.84. The molecule has 1 aliphatic heterocycles. The predicted octanol–water partition coefficient (Wildman–Crippen LogP) is 3.52. The number of fused-ring (bicyclic) bond motifs is 1. The molecule has 2 aromatic rings. The highest BCUT2D eigenvalue weighted by molar-refractivity contribution is 5.73. The lowest BCUT2D eigenvalue weighted by molar-refractivity contribution is 0.211. The molecule has 1 heterocycles. The van der Waals surface area contributed by atoms with Crippen LogP contribution in [-0.2, 0) is 13.0 Å². The summed E-state index contributed by atoms with van der Waals surface area (Å²) >= 11 is 0. The number of ether oxygens (including phenoxy) is 2. The first kappa shape index (κ1) is 18.1. The molecule has 1 unspecified atom stereocenters. The van der Waals surface area contributed by atoms with Gasteiger partial charge in [-0.05, 0) is 38.0 Å². The zero-order valence-corrected chi connectivity index (χ0v) is 15.3. The van der Waals surface area contributed by atoms with Gasteiger partial charge in [-0.1, -0.05) is 36.4 Å². The average molecular weight is 354 g/mol. The van der Waals surface area contributed by atoms with Crippen LogP contribution in [0, 0.1) is 5.92 Å². The van der Waals surface area contributed by atoms with Crippen LogP contribution in [0.3, 0.4) is 0 Å². The summed E-state index contributed by atoms with van der Waals surface area (Å²) in [5.41, 5.74) is 2.16. The van der Waals surface area contributed by atoms with Gasteiger partial charge in [0.15, 0.2) is 0 Å². The summed E-state index contributed by atoms with van der Waals surface area (Å²) in [6.07, 6.45) is 1.01. The Morgan fingerprint density at radius 2 is 1.92 bits per heavy atom. The van der Waals surface area contributed by atoms with Crippen molar-refractivity contribution in [3.05, 3.63) is 59.7 Å². The third-order valence-electron chi connectivity index (χ3n) is 4.28. The first-order chi connectivity index (χ1) is 12.6. The second-order valence-electron chi connectivity index (χ2n) is 6.83. The van der Waals surface area contributed by atoms with Crippen molar-refractivity contribution >= 4 is 6.03 Å². The molecule has 0 bridgehead atoms. The van der Waals surface area contributed by atoms with E-state index in [4.69, 9.17) is 9.47 Å². The number of urea groups is 1. The average Bonchev–Trinajstić information content (AvgIpc) is 2.65. The fraction of sp³-hybridized carbons (Fsp3) is 0.381. The highest BCUT2D eigenvalue weighted by Crippen LogP contribution is 2.26. The first-order valence-electron chi connectivity index (χ1n) is 9.09. The Balaban J connectivity index is 1.46. The van der Waals surface area contributed by atoms with Crippen molar-refractivity contribution in [2.75, 3.05) is 13.2 Å². The summed E-state index contributed by atoms with van der Waals surface area (Å²) < 4.78 is 11.5. The number of amides is 2. The molecule has 0 aliphatic carbocycles. The van der Waals surface area contributed by atoms with Crippen molar-refractivity contribution < 1.29 is 14.3 Å². The quantitative estimate of drug-likeness (QED) is 0.834. The van der Waals surface area contributed by atoms with Gasteiger partial charge in [-0.15, -0.1) is 0 Å². The standard InChI is InChI=1S/C21H26N2O3/c1-15(2)26-20-10-6-4-8-18(20)13-23-21(24)22-12-16-11-17-7-3-5-9-19(17)25-14-16/h3-10,15-16H,11-14H2,1-2H3,(H2,22,23,24). The smallest absolute Gasteiger partial charge is 0.315 e. The Labute approximate surface area is 154 Å². The molecule has 2 amide bonds. The van der Waals surface area contributed by atoms with Crippen LogP contribution in [-0.4, -0.2) is 25.3 Å². The van der Waals surface area contributed by atoms with Crippen molar-refractivity contribution in [1.82, 2.24) is 10.6 Å². The van der Waals surface area contributed by atoms with Gasteiger partial charge < -0.3 is 20.1 Å². The summed E-state index contributed by atoms with van der Waals surface area (Å²) in [5.74, 6) is 2.04. The number of carbonyl (C=O) groups is 1. The molecule has 1 atom stereocenters. The van der Waals surface area contributed by atoms with Gasteiger partial charge >= 0.3 is 6.03 Å². The van der Waals surface area contributed by atoms with E-state index in [0.717, 1.165) is 23.5 Å². The monoisotopic (exact) mass is 354 g/mol. The van der Waals surface area contributed by atoms with E-state index in [1.807, 2.05) is 56.3 Å². The summed E-state index contributed by atoms with van der Waals surface area (Å²) in [6, 6.07) is 15.6. The van der Waals surface area contributed by atoms with Crippen LogP contribution < -0.4 is 20.1 Å². The molecule has 0 fully saturated rings. The molecule has 138 valence electrons. The lowest BCUT2D eigenvalue weighted by Crippen LogP contribution is -2.40. The number of carbonyl (C=O) groups excluding carboxylic acids is 1. The largest absolute Gasteiger partial charge is 0.493 e. The van der Waals surface area contributed by atoms with Gasteiger partial charge in [0, 0.05) is 24.6 Å². The van der Waals surface area contributed by atoms with Crippen molar-refractivity contribution in [1.29, 1.82) is 0 Å². The van der Waals surface area contributed by atoms with E-state index >= 15 is 0 Å². The number of hydrogen-bond acceptors (Lipinski definition) is 3. The molecule has 0 spiro atoms. The van der Waals surface area contributed by atoms with Crippen molar-refractivity contribution in [2.45, 2.75) is 32.9 Å². The lowest BCUT2D eigenvalue weighted by Gasteiger charge is -2.25. The molecule has 3 rings (SSSR count). The van der Waals surface area contributed by atoms with Crippen molar-refractivity contribution in [3.63, 3.8) is 0 Å². The van der Waals surface area contributed by atoms with E-state index in [0.29, 0.717) is 19.7 Å². The summed E-state index contributed by atoms with van der Waals surface area (Å²) in [7, 11) is 0. The van der Waals surface area contributed by atoms with Crippen LogP contribution >= 0.6 is 0 Å². The Morgan fingerprint density at radius 3 is 2.77 bits per heavy atom. The normalized spacial score (nSPS) is 15.7. The molecular formula is C21H26N2O3. The molecule has 0 saturated heterocycles. The molecule has 1 aliphatic rings. The number of benzene rings is 2. The molecule has 26 heavy (non-hydrogen) atoms. The molecule has 2 aromatic carbocycles. The Bertz CT molecular complexity index is 746. The number of nitrogens with one attached hydrogen (secondary N) is 2. The molecule has 5 heteroatoms. The fourth-order valence-electron chi connectivity index (χ4n) is 3.02. The van der Waals surface area contributed by atoms with Crippen LogP contribution in [0.15, 0.2) is 48.5 Å². The van der Waals surface area contributed by atoms with E-state index in [1.165, 1.54) is 5.56 Å². The SMILES string of the molecule is CC(C)Oc1ccccc1CNC(=O)NCC1COc2ccccc2C1. The van der Waals surface area contributed by atoms with Gasteiger partial charge in [0.2, 0.25) is 0 Å². The van der Waals surface area contributed by atoms with E-state index in [2.05, 4.69) is 16.7 Å². The lowest BCUT2D eigenvalue weighted by atomic mass is 9.97. The third-order valence-corrected chi connectivity index (χ3v) is 4.28. The summed E-state index contributed by atoms with van der Waals surface area (Å²) in [4.78, 5) is 12.1. The highest BCUT2D eigenvalue weighted by atomic mass is 16.5. The molecule has 2 N–H and O–H groups in total. The van der Waals surface area contributed by atoms with Crippen molar-refractivity contribution in [3.8, 4) is 11.5 Å². The molecule has 0 saturated carbocycles. The van der Waals surface area contributed by atoms with Gasteiger partial charge in [-0.25, -0.2) is 4.79 Å². The van der Waals surface area contributed by atoms with Gasteiger partial charge in [-0.3, -0.25) is 0 Å². The van der Waals surface area contributed by atoms with Crippen LogP contribution in [0.25, 0.3) is 0 Å². The number of para-hydroxylation sites is 2. The Hall–Kier alpha value is -2.69. The van der Waals surface area contributed by atoms with E-state index in [9.17, 15) is 4.79 Å². The third kappa shape index (κ3) is 4.91. The maximum atomic E-state index is 12.1. The second-order valence-corrected chi connectivity index (χ2v) is 6.83.